The van der Waals surface area contributed by atoms with Gasteiger partial charge in [-0.1, -0.05) is 13.0 Å². The summed E-state index contributed by atoms with van der Waals surface area (Å²) >= 11 is 0. The molecule has 2 aliphatic heterocycles. The van der Waals surface area contributed by atoms with Crippen LogP contribution in [0.1, 0.15) is 44.7 Å². The second-order valence-electron chi connectivity index (χ2n) is 7.39. The summed E-state index contributed by atoms with van der Waals surface area (Å²) in [6.07, 6.45) is 6.47. The van der Waals surface area contributed by atoms with E-state index in [0.717, 1.165) is 57.3 Å². The van der Waals surface area contributed by atoms with Gasteiger partial charge in [0.25, 0.3) is 0 Å². The molecule has 1 N–H and O–H groups in total. The maximum Gasteiger partial charge on any atom is 0.0735 e. The average Bonchev–Trinajstić information content (AvgIpc) is 3.06. The van der Waals surface area contributed by atoms with Gasteiger partial charge in [-0.05, 0) is 43.9 Å². The number of aliphatic hydroxyl groups excluding tert-OH is 1. The van der Waals surface area contributed by atoms with E-state index in [0.29, 0.717) is 0 Å². The minimum absolute atomic E-state index is 0.105. The molecule has 0 aromatic carbocycles. The summed E-state index contributed by atoms with van der Waals surface area (Å²) in [5.41, 5.74) is 2.27. The second-order valence-corrected chi connectivity index (χ2v) is 7.39. The highest BCUT2D eigenvalue weighted by Crippen LogP contribution is 2.38. The third-order valence-electron chi connectivity index (χ3n) is 5.67. The summed E-state index contributed by atoms with van der Waals surface area (Å²) in [7, 11) is 0. The zero-order valence-electron chi connectivity index (χ0n) is 14.4. The molecule has 2 aromatic rings. The molecular weight excluding hydrogens is 302 g/mol. The number of hydrogen-bond donors (Lipinski definition) is 1. The first-order valence-electron chi connectivity index (χ1n) is 9.17. The van der Waals surface area contributed by atoms with E-state index in [4.69, 9.17) is 4.74 Å². The summed E-state index contributed by atoms with van der Waals surface area (Å²) in [6, 6.07) is 8.38. The molecule has 4 rings (SSSR count). The number of aliphatic hydroxyl groups is 1. The Morgan fingerprint density at radius 1 is 1.29 bits per heavy atom. The number of likely N-dealkylation sites (tertiary alicyclic amines) is 1. The average molecular weight is 329 g/mol. The number of pyridine rings is 1. The van der Waals surface area contributed by atoms with E-state index in [9.17, 15) is 5.11 Å². The molecule has 2 fully saturated rings. The van der Waals surface area contributed by atoms with Gasteiger partial charge in [0.15, 0.2) is 0 Å². The van der Waals surface area contributed by atoms with Gasteiger partial charge in [0.1, 0.15) is 0 Å². The van der Waals surface area contributed by atoms with Crippen LogP contribution in [0.3, 0.4) is 0 Å². The Morgan fingerprint density at radius 2 is 2.12 bits per heavy atom. The third-order valence-corrected chi connectivity index (χ3v) is 5.67. The van der Waals surface area contributed by atoms with Gasteiger partial charge in [-0.25, -0.2) is 4.52 Å². The minimum Gasteiger partial charge on any atom is -0.393 e. The molecule has 5 heteroatoms. The number of nitrogens with zero attached hydrogens (tertiary/aromatic N) is 3. The Bertz CT molecular complexity index is 691. The zero-order valence-corrected chi connectivity index (χ0v) is 14.4. The highest BCUT2D eigenvalue weighted by molar-refractivity contribution is 5.46. The van der Waals surface area contributed by atoms with Gasteiger partial charge in [0.2, 0.25) is 0 Å². The van der Waals surface area contributed by atoms with Crippen LogP contribution in [-0.2, 0) is 11.3 Å². The van der Waals surface area contributed by atoms with Crippen molar-refractivity contribution in [2.45, 2.75) is 63.4 Å². The van der Waals surface area contributed by atoms with Crippen LogP contribution < -0.4 is 0 Å². The zero-order chi connectivity index (χ0) is 16.6. The van der Waals surface area contributed by atoms with Gasteiger partial charge in [-0.15, -0.1) is 0 Å². The predicted octanol–water partition coefficient (Wildman–Crippen LogP) is 2.62. The van der Waals surface area contributed by atoms with Crippen molar-refractivity contribution in [1.82, 2.24) is 14.5 Å². The number of fused-ring (bicyclic) bond motifs is 1. The van der Waals surface area contributed by atoms with Crippen molar-refractivity contribution >= 4 is 5.52 Å². The SMILES string of the molecule is CC[C@H]1C[C@@H](O)CC2(CCN(Cc3cccc4ccnn34)CC2)O1. The smallest absolute Gasteiger partial charge is 0.0735 e. The van der Waals surface area contributed by atoms with E-state index in [-0.39, 0.29) is 17.8 Å². The third kappa shape index (κ3) is 3.08. The van der Waals surface area contributed by atoms with Crippen molar-refractivity contribution in [1.29, 1.82) is 0 Å². The van der Waals surface area contributed by atoms with Crippen molar-refractivity contribution in [3.63, 3.8) is 0 Å². The number of aromatic nitrogens is 2. The van der Waals surface area contributed by atoms with E-state index >= 15 is 0 Å². The maximum atomic E-state index is 10.2. The Kier molecular flexibility index (Phi) is 4.33. The molecule has 0 bridgehead atoms. The van der Waals surface area contributed by atoms with Crippen molar-refractivity contribution in [2.75, 3.05) is 13.1 Å². The molecule has 130 valence electrons. The molecule has 2 aromatic heterocycles. The number of ether oxygens (including phenoxy) is 1. The Labute approximate surface area is 143 Å². The molecule has 0 saturated carbocycles. The number of hydrogen-bond acceptors (Lipinski definition) is 4. The maximum absolute atomic E-state index is 10.2. The molecule has 5 nitrogen and oxygen atoms in total. The van der Waals surface area contributed by atoms with Crippen LogP contribution in [0.15, 0.2) is 30.5 Å². The summed E-state index contributed by atoms with van der Waals surface area (Å²) in [5.74, 6) is 0. The van der Waals surface area contributed by atoms with E-state index in [1.807, 2.05) is 16.8 Å². The van der Waals surface area contributed by atoms with E-state index in [1.165, 1.54) is 5.69 Å². The highest BCUT2D eigenvalue weighted by atomic mass is 16.5. The lowest BCUT2D eigenvalue weighted by Gasteiger charge is -2.48. The van der Waals surface area contributed by atoms with Gasteiger partial charge in [0, 0.05) is 32.3 Å². The molecule has 0 aliphatic carbocycles. The van der Waals surface area contributed by atoms with Gasteiger partial charge < -0.3 is 9.84 Å². The van der Waals surface area contributed by atoms with Crippen LogP contribution in [0.5, 0.6) is 0 Å². The molecule has 1 spiro atoms. The molecule has 0 amide bonds. The van der Waals surface area contributed by atoms with E-state index in [2.05, 4.69) is 35.1 Å². The number of rotatable bonds is 3. The van der Waals surface area contributed by atoms with Crippen LogP contribution in [0, 0.1) is 0 Å². The van der Waals surface area contributed by atoms with E-state index in [1.54, 1.807) is 0 Å². The lowest BCUT2D eigenvalue weighted by atomic mass is 9.81. The minimum atomic E-state index is -0.201. The summed E-state index contributed by atoms with van der Waals surface area (Å²) in [4.78, 5) is 2.48. The highest BCUT2D eigenvalue weighted by Gasteiger charge is 2.42. The van der Waals surface area contributed by atoms with Crippen LogP contribution in [0.2, 0.25) is 0 Å². The molecule has 2 saturated heterocycles. The molecule has 24 heavy (non-hydrogen) atoms. The second kappa shape index (κ2) is 6.47. The summed E-state index contributed by atoms with van der Waals surface area (Å²) in [5, 5.41) is 14.6. The van der Waals surface area contributed by atoms with Gasteiger partial charge in [-0.3, -0.25) is 4.90 Å². The van der Waals surface area contributed by atoms with Crippen molar-refractivity contribution in [2.24, 2.45) is 0 Å². The predicted molar refractivity (Wildman–Crippen MR) is 92.8 cm³/mol. The monoisotopic (exact) mass is 329 g/mol. The molecule has 2 atom stereocenters. The molecule has 4 heterocycles. The largest absolute Gasteiger partial charge is 0.393 e. The van der Waals surface area contributed by atoms with Crippen LogP contribution in [0.4, 0.5) is 0 Å². The van der Waals surface area contributed by atoms with Crippen LogP contribution >= 0.6 is 0 Å². The van der Waals surface area contributed by atoms with Crippen molar-refractivity contribution < 1.29 is 9.84 Å². The van der Waals surface area contributed by atoms with Crippen molar-refractivity contribution in [3.8, 4) is 0 Å². The Hall–Kier alpha value is -1.43. The normalized spacial score (nSPS) is 27.8. The first-order valence-corrected chi connectivity index (χ1v) is 9.17. The van der Waals surface area contributed by atoms with E-state index < -0.39 is 0 Å². The molecule has 0 radical (unpaired) electrons. The van der Waals surface area contributed by atoms with Gasteiger partial charge in [-0.2, -0.15) is 5.10 Å². The summed E-state index contributed by atoms with van der Waals surface area (Å²) < 4.78 is 8.41. The topological polar surface area (TPSA) is 50.0 Å². The number of piperidine rings is 1. The fourth-order valence-electron chi connectivity index (χ4n) is 4.31. The fourth-order valence-corrected chi connectivity index (χ4v) is 4.31. The Balaban J connectivity index is 1.42. The van der Waals surface area contributed by atoms with Crippen LogP contribution in [0.25, 0.3) is 5.52 Å². The first kappa shape index (κ1) is 16.1. The molecule has 0 unspecified atom stereocenters. The molecule has 2 aliphatic rings. The standard InChI is InChI=1S/C19H27N3O2/c1-2-18-12-17(23)13-19(24-18)7-10-21(11-8-19)14-16-5-3-4-15-6-9-20-22(15)16/h3-6,9,17-18,23H,2,7-8,10-14H2,1H3/t17-,18+/m1/s1. The summed E-state index contributed by atoms with van der Waals surface area (Å²) in [6.45, 7) is 5.09. The lowest BCUT2D eigenvalue weighted by molar-refractivity contribution is -0.182. The van der Waals surface area contributed by atoms with Gasteiger partial charge in [0.05, 0.1) is 29.0 Å². The molecular formula is C19H27N3O2. The quantitative estimate of drug-likeness (QED) is 0.940. The van der Waals surface area contributed by atoms with Gasteiger partial charge >= 0.3 is 0 Å². The van der Waals surface area contributed by atoms with Crippen LogP contribution in [-0.4, -0.2) is 50.5 Å². The first-order chi connectivity index (χ1) is 11.7. The fraction of sp³-hybridized carbons (Fsp3) is 0.632. The van der Waals surface area contributed by atoms with Crippen molar-refractivity contribution in [3.05, 3.63) is 36.2 Å². The Morgan fingerprint density at radius 3 is 2.92 bits per heavy atom. The lowest BCUT2D eigenvalue weighted by Crippen LogP contribution is -2.52.